The van der Waals surface area contributed by atoms with Gasteiger partial charge in [-0.3, -0.25) is 4.98 Å². The average Bonchev–Trinajstić information content (AvgIpc) is 2.48. The summed E-state index contributed by atoms with van der Waals surface area (Å²) in [6.45, 7) is 11.8. The highest BCUT2D eigenvalue weighted by Gasteiger charge is 2.52. The molecule has 1 aromatic heterocycles. The zero-order valence-corrected chi connectivity index (χ0v) is 12.9. The second-order valence-electron chi connectivity index (χ2n) is 6.81. The first-order valence-electron chi connectivity index (χ1n) is 7.20. The molecular weight excluding hydrogens is 253 g/mol. The molecule has 0 aromatic carbocycles. The van der Waals surface area contributed by atoms with Crippen LogP contribution >= 0.6 is 0 Å². The summed E-state index contributed by atoms with van der Waals surface area (Å²) in [6.07, 6.45) is 1.91. The molecule has 1 aromatic rings. The summed E-state index contributed by atoms with van der Waals surface area (Å²) < 4.78 is 17.6. The van der Waals surface area contributed by atoms with Crippen molar-refractivity contribution >= 4 is 12.6 Å². The number of pyridine rings is 1. The second-order valence-corrected chi connectivity index (χ2v) is 6.81. The van der Waals surface area contributed by atoms with Crippen LogP contribution in [0.3, 0.4) is 0 Å². The van der Waals surface area contributed by atoms with Gasteiger partial charge < -0.3 is 14.0 Å². The molecule has 0 N–H and O–H groups in total. The summed E-state index contributed by atoms with van der Waals surface area (Å²) in [5.74, 6) is 0.365. The molecule has 3 heterocycles. The maximum Gasteiger partial charge on any atom is 0.496 e. The Labute approximate surface area is 121 Å². The van der Waals surface area contributed by atoms with Gasteiger partial charge >= 0.3 is 7.12 Å². The normalized spacial score (nSPS) is 24.8. The van der Waals surface area contributed by atoms with Gasteiger partial charge in [-0.25, -0.2) is 0 Å². The van der Waals surface area contributed by atoms with Crippen molar-refractivity contribution in [2.24, 2.45) is 0 Å². The summed E-state index contributed by atoms with van der Waals surface area (Å²) in [6, 6.07) is 2.13. The van der Waals surface area contributed by atoms with E-state index in [0.717, 1.165) is 29.9 Å². The summed E-state index contributed by atoms with van der Waals surface area (Å²) in [7, 11) is -0.344. The van der Waals surface area contributed by atoms with E-state index in [2.05, 4.69) is 38.7 Å². The maximum absolute atomic E-state index is 6.16. The SMILES string of the molecule is Cc1cnc(C2COC2)c(B2OC(C)(C)C(C)(C)O2)c1. The van der Waals surface area contributed by atoms with E-state index in [-0.39, 0.29) is 18.3 Å². The lowest BCUT2D eigenvalue weighted by molar-refractivity contribution is 0.00578. The van der Waals surface area contributed by atoms with Crippen LogP contribution in [0.1, 0.15) is 44.9 Å². The van der Waals surface area contributed by atoms with Crippen molar-refractivity contribution in [3.8, 4) is 0 Å². The summed E-state index contributed by atoms with van der Waals surface area (Å²) in [5.41, 5.74) is 2.58. The molecule has 108 valence electrons. The molecule has 0 bridgehead atoms. The van der Waals surface area contributed by atoms with Crippen LogP contribution in [0.2, 0.25) is 0 Å². The van der Waals surface area contributed by atoms with Crippen LogP contribution in [-0.4, -0.2) is 36.5 Å². The smallest absolute Gasteiger partial charge is 0.399 e. The Balaban J connectivity index is 1.96. The Bertz CT molecular complexity index is 510. The molecule has 0 aliphatic carbocycles. The topological polar surface area (TPSA) is 40.6 Å². The highest BCUT2D eigenvalue weighted by Crippen LogP contribution is 2.37. The monoisotopic (exact) mass is 275 g/mol. The van der Waals surface area contributed by atoms with Gasteiger partial charge in [0, 0.05) is 23.3 Å². The number of ether oxygens (including phenoxy) is 1. The first-order valence-corrected chi connectivity index (χ1v) is 7.20. The first-order chi connectivity index (χ1) is 9.30. The van der Waals surface area contributed by atoms with Gasteiger partial charge in [0.1, 0.15) is 0 Å². The minimum atomic E-state index is -0.344. The fraction of sp³-hybridized carbons (Fsp3) is 0.667. The lowest BCUT2D eigenvalue weighted by atomic mass is 9.74. The highest BCUT2D eigenvalue weighted by atomic mass is 16.7. The van der Waals surface area contributed by atoms with Crippen molar-refractivity contribution < 1.29 is 14.0 Å². The molecule has 2 aliphatic heterocycles. The van der Waals surface area contributed by atoms with Gasteiger partial charge in [-0.05, 0) is 40.2 Å². The molecule has 0 unspecified atom stereocenters. The fourth-order valence-electron chi connectivity index (χ4n) is 2.50. The van der Waals surface area contributed by atoms with Gasteiger partial charge in [-0.1, -0.05) is 6.07 Å². The largest absolute Gasteiger partial charge is 0.496 e. The van der Waals surface area contributed by atoms with Crippen molar-refractivity contribution in [3.05, 3.63) is 23.5 Å². The lowest BCUT2D eigenvalue weighted by Gasteiger charge is -2.32. The first kappa shape index (κ1) is 14.0. The third-order valence-corrected chi connectivity index (χ3v) is 4.62. The van der Waals surface area contributed by atoms with E-state index in [4.69, 9.17) is 14.0 Å². The Morgan fingerprint density at radius 3 is 2.25 bits per heavy atom. The van der Waals surface area contributed by atoms with E-state index in [0.29, 0.717) is 5.92 Å². The van der Waals surface area contributed by atoms with Crippen LogP contribution in [0.25, 0.3) is 0 Å². The number of nitrogens with zero attached hydrogens (tertiary/aromatic N) is 1. The zero-order valence-electron chi connectivity index (χ0n) is 12.9. The zero-order chi connectivity index (χ0) is 14.5. The maximum atomic E-state index is 6.16. The Hall–Kier alpha value is -0.905. The summed E-state index contributed by atoms with van der Waals surface area (Å²) >= 11 is 0. The highest BCUT2D eigenvalue weighted by molar-refractivity contribution is 6.62. The second kappa shape index (κ2) is 4.55. The van der Waals surface area contributed by atoms with Crippen LogP contribution in [0, 0.1) is 6.92 Å². The molecule has 0 atom stereocenters. The molecule has 5 heteroatoms. The van der Waals surface area contributed by atoms with Crippen molar-refractivity contribution in [1.82, 2.24) is 4.98 Å². The van der Waals surface area contributed by atoms with Crippen LogP contribution in [0.15, 0.2) is 12.3 Å². The van der Waals surface area contributed by atoms with Gasteiger partial charge in [0.05, 0.1) is 24.4 Å². The van der Waals surface area contributed by atoms with E-state index in [9.17, 15) is 0 Å². The predicted molar refractivity (Wildman–Crippen MR) is 78.3 cm³/mol. The molecule has 0 amide bonds. The van der Waals surface area contributed by atoms with Crippen LogP contribution in [0.5, 0.6) is 0 Å². The Morgan fingerprint density at radius 2 is 1.75 bits per heavy atom. The van der Waals surface area contributed by atoms with Gasteiger partial charge in [0.2, 0.25) is 0 Å². The average molecular weight is 275 g/mol. The molecule has 2 saturated heterocycles. The van der Waals surface area contributed by atoms with Crippen LogP contribution in [-0.2, 0) is 14.0 Å². The number of hydrogen-bond acceptors (Lipinski definition) is 4. The van der Waals surface area contributed by atoms with Crippen LogP contribution in [0.4, 0.5) is 0 Å². The molecule has 4 nitrogen and oxygen atoms in total. The van der Waals surface area contributed by atoms with E-state index >= 15 is 0 Å². The molecule has 0 radical (unpaired) electrons. The third kappa shape index (κ3) is 2.18. The molecule has 0 spiro atoms. The van der Waals surface area contributed by atoms with E-state index < -0.39 is 0 Å². The predicted octanol–water partition coefficient (Wildman–Crippen LogP) is 1.80. The van der Waals surface area contributed by atoms with E-state index in [1.54, 1.807) is 0 Å². The van der Waals surface area contributed by atoms with E-state index in [1.807, 2.05) is 13.1 Å². The quantitative estimate of drug-likeness (QED) is 0.772. The minimum Gasteiger partial charge on any atom is -0.399 e. The number of aryl methyl sites for hydroxylation is 1. The van der Waals surface area contributed by atoms with Gasteiger partial charge in [0.25, 0.3) is 0 Å². The number of aromatic nitrogens is 1. The summed E-state index contributed by atoms with van der Waals surface area (Å²) in [4.78, 5) is 4.60. The molecule has 2 aliphatic rings. The molecule has 0 saturated carbocycles. The van der Waals surface area contributed by atoms with Crippen molar-refractivity contribution in [2.45, 2.75) is 51.7 Å². The van der Waals surface area contributed by atoms with Gasteiger partial charge in [-0.15, -0.1) is 0 Å². The summed E-state index contributed by atoms with van der Waals surface area (Å²) in [5, 5.41) is 0. The Kier molecular flexibility index (Phi) is 3.20. The van der Waals surface area contributed by atoms with Gasteiger partial charge in [0.15, 0.2) is 0 Å². The molecule has 3 rings (SSSR count). The number of hydrogen-bond donors (Lipinski definition) is 0. The molecule has 2 fully saturated rings. The standard InChI is InChI=1S/C15H22BNO3/c1-10-6-12(13(17-7-10)11-8-18-9-11)16-19-14(2,3)15(4,5)20-16/h6-7,11H,8-9H2,1-5H3. The van der Waals surface area contributed by atoms with E-state index in [1.165, 1.54) is 0 Å². The van der Waals surface area contributed by atoms with Crippen molar-refractivity contribution in [2.75, 3.05) is 13.2 Å². The lowest BCUT2D eigenvalue weighted by Crippen LogP contribution is -2.41. The van der Waals surface area contributed by atoms with Crippen molar-refractivity contribution in [1.29, 1.82) is 0 Å². The van der Waals surface area contributed by atoms with Crippen LogP contribution < -0.4 is 5.46 Å². The Morgan fingerprint density at radius 1 is 1.15 bits per heavy atom. The molecule has 20 heavy (non-hydrogen) atoms. The van der Waals surface area contributed by atoms with Crippen molar-refractivity contribution in [3.63, 3.8) is 0 Å². The number of rotatable bonds is 2. The minimum absolute atomic E-state index is 0.325. The molecular formula is C15H22BNO3. The fourth-order valence-corrected chi connectivity index (χ4v) is 2.50. The van der Waals surface area contributed by atoms with Gasteiger partial charge in [-0.2, -0.15) is 0 Å². The third-order valence-electron chi connectivity index (χ3n) is 4.62.